The van der Waals surface area contributed by atoms with Gasteiger partial charge in [-0.2, -0.15) is 0 Å². The van der Waals surface area contributed by atoms with Gasteiger partial charge in [-0.15, -0.1) is 0 Å². The van der Waals surface area contributed by atoms with E-state index >= 15 is 0 Å². The van der Waals surface area contributed by atoms with Gasteiger partial charge in [-0.3, -0.25) is 14.4 Å². The number of aromatic nitrogens is 1. The molecule has 1 aliphatic carbocycles. The Labute approximate surface area is 180 Å². The molecule has 0 bridgehead atoms. The van der Waals surface area contributed by atoms with E-state index in [0.717, 1.165) is 24.2 Å². The number of nitrogens with one attached hydrogen (secondary N) is 1. The number of benzene rings is 1. The third-order valence-corrected chi connectivity index (χ3v) is 6.21. The molecule has 2 aromatic rings. The minimum atomic E-state index is -0.648. The molecule has 2 fully saturated rings. The molecular weight excluding hydrogens is 394 g/mol. The summed E-state index contributed by atoms with van der Waals surface area (Å²) in [5, 5.41) is 2.79. The van der Waals surface area contributed by atoms with E-state index in [2.05, 4.69) is 15.2 Å². The summed E-state index contributed by atoms with van der Waals surface area (Å²) in [5.41, 5.74) is 1.32. The monoisotopic (exact) mass is 419 g/mol. The summed E-state index contributed by atoms with van der Waals surface area (Å²) >= 11 is 0. The zero-order valence-corrected chi connectivity index (χ0v) is 17.2. The van der Waals surface area contributed by atoms with Crippen molar-refractivity contribution < 1.29 is 14.4 Å². The number of carbonyl (C=O) groups is 3. The molecule has 1 atom stereocenters. The molecule has 8 heteroatoms. The summed E-state index contributed by atoms with van der Waals surface area (Å²) in [6.07, 6.45) is 3.60. The minimum absolute atomic E-state index is 0.0617. The molecule has 1 unspecified atom stereocenters. The highest BCUT2D eigenvalue weighted by atomic mass is 16.2. The Kier molecular flexibility index (Phi) is 5.05. The van der Waals surface area contributed by atoms with Gasteiger partial charge in [0.1, 0.15) is 11.9 Å². The summed E-state index contributed by atoms with van der Waals surface area (Å²) in [4.78, 5) is 48.5. The lowest BCUT2D eigenvalue weighted by atomic mass is 10.0. The van der Waals surface area contributed by atoms with Crippen LogP contribution in [0.25, 0.3) is 0 Å². The van der Waals surface area contributed by atoms with Gasteiger partial charge in [0.15, 0.2) is 0 Å². The molecule has 1 saturated carbocycles. The molecule has 5 rings (SSSR count). The fraction of sp³-hybridized carbons (Fsp3) is 0.391. The number of fused-ring (bicyclic) bond motifs is 1. The van der Waals surface area contributed by atoms with E-state index in [0.29, 0.717) is 31.7 Å². The average Bonchev–Trinajstić information content (AvgIpc) is 3.62. The van der Waals surface area contributed by atoms with E-state index in [1.807, 2.05) is 36.4 Å². The normalized spacial score (nSPS) is 20.6. The number of hydrogen-bond donors (Lipinski definition) is 1. The standard InChI is InChI=1S/C23H25N5O3/c29-20(27-13-11-26(12-14-27)19-7-3-4-10-24-19)15-25-22(30)21-17-5-1-2-6-18(17)23(31)28(21)16-8-9-16/h1-7,10,16,21H,8-9,11-15H2,(H,25,30). The maximum absolute atomic E-state index is 13.0. The summed E-state index contributed by atoms with van der Waals surface area (Å²) in [6.45, 7) is 2.52. The van der Waals surface area contributed by atoms with Crippen LogP contribution in [-0.4, -0.2) is 71.3 Å². The van der Waals surface area contributed by atoms with Gasteiger partial charge in [-0.25, -0.2) is 4.98 Å². The number of rotatable bonds is 5. The van der Waals surface area contributed by atoms with Crippen LogP contribution in [0.1, 0.15) is 34.8 Å². The van der Waals surface area contributed by atoms with Crippen LogP contribution in [0.5, 0.6) is 0 Å². The van der Waals surface area contributed by atoms with Crippen LogP contribution in [0.15, 0.2) is 48.7 Å². The van der Waals surface area contributed by atoms with Crippen LogP contribution in [-0.2, 0) is 9.59 Å². The molecule has 0 spiro atoms. The number of nitrogens with zero attached hydrogens (tertiary/aromatic N) is 4. The lowest BCUT2D eigenvalue weighted by Gasteiger charge is -2.35. The van der Waals surface area contributed by atoms with Gasteiger partial charge >= 0.3 is 0 Å². The maximum Gasteiger partial charge on any atom is 0.255 e. The Morgan fingerprint density at radius 3 is 2.45 bits per heavy atom. The van der Waals surface area contributed by atoms with Crippen LogP contribution >= 0.6 is 0 Å². The van der Waals surface area contributed by atoms with Crippen molar-refractivity contribution in [1.82, 2.24) is 20.1 Å². The lowest BCUT2D eigenvalue weighted by molar-refractivity contribution is -0.134. The van der Waals surface area contributed by atoms with E-state index in [9.17, 15) is 14.4 Å². The smallest absolute Gasteiger partial charge is 0.255 e. The Balaban J connectivity index is 1.19. The molecule has 3 amide bonds. The Bertz CT molecular complexity index is 999. The van der Waals surface area contributed by atoms with Gasteiger partial charge in [0, 0.05) is 44.0 Å². The van der Waals surface area contributed by atoms with Crippen molar-refractivity contribution in [3.63, 3.8) is 0 Å². The molecule has 31 heavy (non-hydrogen) atoms. The van der Waals surface area contributed by atoms with Crippen molar-refractivity contribution in [2.75, 3.05) is 37.6 Å². The van der Waals surface area contributed by atoms with Gasteiger partial charge in [0.2, 0.25) is 11.8 Å². The minimum Gasteiger partial charge on any atom is -0.353 e. The van der Waals surface area contributed by atoms with Gasteiger partial charge in [-0.1, -0.05) is 24.3 Å². The van der Waals surface area contributed by atoms with E-state index in [4.69, 9.17) is 0 Å². The Morgan fingerprint density at radius 2 is 1.74 bits per heavy atom. The topological polar surface area (TPSA) is 85.9 Å². The number of anilines is 1. The SMILES string of the molecule is O=C(NCC(=O)N1CCN(c2ccccn2)CC1)C1c2ccccc2C(=O)N1C1CC1. The number of hydrogen-bond acceptors (Lipinski definition) is 5. The first-order valence-electron chi connectivity index (χ1n) is 10.8. The van der Waals surface area contributed by atoms with Crippen LogP contribution in [0.2, 0.25) is 0 Å². The Morgan fingerprint density at radius 1 is 1.00 bits per heavy atom. The summed E-state index contributed by atoms with van der Waals surface area (Å²) in [7, 11) is 0. The first kappa shape index (κ1) is 19.5. The fourth-order valence-electron chi connectivity index (χ4n) is 4.43. The molecule has 1 saturated heterocycles. The van der Waals surface area contributed by atoms with E-state index < -0.39 is 6.04 Å². The molecule has 3 aliphatic rings. The van der Waals surface area contributed by atoms with Crippen LogP contribution in [0.4, 0.5) is 5.82 Å². The molecule has 8 nitrogen and oxygen atoms in total. The Hall–Kier alpha value is -3.42. The van der Waals surface area contributed by atoms with Gasteiger partial charge in [-0.05, 0) is 36.6 Å². The van der Waals surface area contributed by atoms with Crippen molar-refractivity contribution in [1.29, 1.82) is 0 Å². The second kappa shape index (κ2) is 8.02. The number of amides is 3. The highest BCUT2D eigenvalue weighted by molar-refractivity contribution is 6.05. The first-order valence-corrected chi connectivity index (χ1v) is 10.8. The number of carbonyl (C=O) groups excluding carboxylic acids is 3. The number of piperazine rings is 1. The summed E-state index contributed by atoms with van der Waals surface area (Å²) < 4.78 is 0. The molecule has 2 aliphatic heterocycles. The quantitative estimate of drug-likeness (QED) is 0.787. The van der Waals surface area contributed by atoms with Crippen molar-refractivity contribution in [3.05, 3.63) is 59.8 Å². The third-order valence-electron chi connectivity index (χ3n) is 6.21. The van der Waals surface area contributed by atoms with Crippen molar-refractivity contribution in [3.8, 4) is 0 Å². The second-order valence-electron chi connectivity index (χ2n) is 8.21. The maximum atomic E-state index is 13.0. The second-order valence-corrected chi connectivity index (χ2v) is 8.21. The van der Waals surface area contributed by atoms with Crippen LogP contribution in [0.3, 0.4) is 0 Å². The van der Waals surface area contributed by atoms with Crippen molar-refractivity contribution in [2.24, 2.45) is 0 Å². The van der Waals surface area contributed by atoms with Crippen LogP contribution in [0, 0.1) is 0 Å². The largest absolute Gasteiger partial charge is 0.353 e. The first-order chi connectivity index (χ1) is 15.1. The molecule has 1 N–H and O–H groups in total. The zero-order valence-electron chi connectivity index (χ0n) is 17.2. The van der Waals surface area contributed by atoms with E-state index in [-0.39, 0.29) is 30.3 Å². The van der Waals surface area contributed by atoms with Crippen molar-refractivity contribution >= 4 is 23.5 Å². The van der Waals surface area contributed by atoms with Gasteiger partial charge < -0.3 is 20.0 Å². The summed E-state index contributed by atoms with van der Waals surface area (Å²) in [5.74, 6) is 0.429. The molecule has 1 aromatic carbocycles. The highest BCUT2D eigenvalue weighted by Gasteiger charge is 2.47. The third kappa shape index (κ3) is 3.73. The van der Waals surface area contributed by atoms with Crippen LogP contribution < -0.4 is 10.2 Å². The molecule has 3 heterocycles. The predicted molar refractivity (Wildman–Crippen MR) is 114 cm³/mol. The van der Waals surface area contributed by atoms with Crippen molar-refractivity contribution in [2.45, 2.75) is 24.9 Å². The predicted octanol–water partition coefficient (Wildman–Crippen LogP) is 1.21. The van der Waals surface area contributed by atoms with E-state index in [1.165, 1.54) is 0 Å². The number of pyridine rings is 1. The average molecular weight is 419 g/mol. The van der Waals surface area contributed by atoms with E-state index in [1.54, 1.807) is 22.1 Å². The molecule has 1 aromatic heterocycles. The molecule has 160 valence electrons. The summed E-state index contributed by atoms with van der Waals surface area (Å²) in [6, 6.07) is 12.5. The lowest BCUT2D eigenvalue weighted by Crippen LogP contribution is -2.52. The molecule has 0 radical (unpaired) electrons. The fourth-order valence-corrected chi connectivity index (χ4v) is 4.43. The van der Waals surface area contributed by atoms with Gasteiger partial charge in [0.25, 0.3) is 5.91 Å². The molecular formula is C23H25N5O3. The van der Waals surface area contributed by atoms with Gasteiger partial charge in [0.05, 0.1) is 6.54 Å². The zero-order chi connectivity index (χ0) is 21.4. The highest BCUT2D eigenvalue weighted by Crippen LogP contribution is 2.41.